The summed E-state index contributed by atoms with van der Waals surface area (Å²) in [4.78, 5) is 12.1. The first-order valence-electron chi connectivity index (χ1n) is 8.44. The number of carbonyl (C=O) groups is 1. The van der Waals surface area contributed by atoms with E-state index in [4.69, 9.17) is 61.2 Å². The van der Waals surface area contributed by atoms with E-state index < -0.39 is 0 Å². The number of nitrogens with one attached hydrogen (secondary N) is 2. The Kier molecular flexibility index (Phi) is 9.10. The fraction of sp³-hybridized carbons (Fsp3) is 0.263. The molecular formula is C19H19Cl3N2O4S. The van der Waals surface area contributed by atoms with Gasteiger partial charge in [0.15, 0.2) is 5.11 Å². The Hall–Kier alpha value is -1.93. The van der Waals surface area contributed by atoms with Crippen LogP contribution < -0.4 is 24.8 Å². The Balaban J connectivity index is 1.81. The summed E-state index contributed by atoms with van der Waals surface area (Å²) in [5.41, 5.74) is 0.514. The highest BCUT2D eigenvalue weighted by Gasteiger charge is 2.12. The van der Waals surface area contributed by atoms with E-state index >= 15 is 0 Å². The molecule has 0 atom stereocenters. The molecule has 6 nitrogen and oxygen atoms in total. The lowest BCUT2D eigenvalue weighted by atomic mass is 10.2. The fourth-order valence-corrected chi connectivity index (χ4v) is 3.23. The van der Waals surface area contributed by atoms with Crippen molar-refractivity contribution in [2.24, 2.45) is 0 Å². The smallest absolute Gasteiger partial charge is 0.226 e. The topological polar surface area (TPSA) is 68.8 Å². The number of carbonyl (C=O) groups excluding carboxylic acids is 1. The molecule has 0 radical (unpaired) electrons. The fourth-order valence-electron chi connectivity index (χ4n) is 2.31. The van der Waals surface area contributed by atoms with Crippen LogP contribution >= 0.6 is 47.0 Å². The van der Waals surface area contributed by atoms with E-state index in [2.05, 4.69) is 10.6 Å². The molecule has 0 heterocycles. The van der Waals surface area contributed by atoms with Crippen LogP contribution in [0.5, 0.6) is 17.2 Å². The summed E-state index contributed by atoms with van der Waals surface area (Å²) < 4.78 is 16.0. The minimum Gasteiger partial charge on any atom is -0.495 e. The lowest BCUT2D eigenvalue weighted by Gasteiger charge is -2.15. The SMILES string of the molecule is COc1cc(NC(=S)NC(=O)CCCOc2ccc(Cl)cc2Cl)c(OC)cc1Cl. The summed E-state index contributed by atoms with van der Waals surface area (Å²) in [5.74, 6) is 1.16. The molecular weight excluding hydrogens is 459 g/mol. The first kappa shape index (κ1) is 23.3. The Morgan fingerprint density at radius 2 is 1.69 bits per heavy atom. The average Bonchev–Trinajstić information content (AvgIpc) is 2.67. The van der Waals surface area contributed by atoms with Crippen LogP contribution in [0.3, 0.4) is 0 Å². The maximum absolute atomic E-state index is 12.1. The second-order valence-electron chi connectivity index (χ2n) is 5.72. The van der Waals surface area contributed by atoms with Crippen molar-refractivity contribution >= 4 is 63.7 Å². The third-order valence-corrected chi connectivity index (χ3v) is 4.70. The Morgan fingerprint density at radius 3 is 2.34 bits per heavy atom. The normalized spacial score (nSPS) is 10.2. The highest BCUT2D eigenvalue weighted by atomic mass is 35.5. The second-order valence-corrected chi connectivity index (χ2v) is 7.38. The third-order valence-electron chi connectivity index (χ3n) is 3.67. The highest BCUT2D eigenvalue weighted by Crippen LogP contribution is 2.35. The number of thiocarbonyl (C=S) groups is 1. The molecule has 2 N–H and O–H groups in total. The monoisotopic (exact) mass is 476 g/mol. The maximum atomic E-state index is 12.1. The first-order valence-corrected chi connectivity index (χ1v) is 9.98. The van der Waals surface area contributed by atoms with E-state index in [1.165, 1.54) is 14.2 Å². The molecule has 0 aliphatic rings. The lowest BCUT2D eigenvalue weighted by molar-refractivity contribution is -0.119. The minimum absolute atomic E-state index is 0.124. The molecule has 0 bridgehead atoms. The van der Waals surface area contributed by atoms with E-state index in [1.54, 1.807) is 30.3 Å². The second kappa shape index (κ2) is 11.3. The molecule has 1 amide bonds. The molecule has 0 spiro atoms. The van der Waals surface area contributed by atoms with E-state index in [1.807, 2.05) is 0 Å². The zero-order chi connectivity index (χ0) is 21.4. The molecule has 0 fully saturated rings. The van der Waals surface area contributed by atoms with Gasteiger partial charge in [-0.25, -0.2) is 0 Å². The molecule has 156 valence electrons. The minimum atomic E-state index is -0.256. The number of halogens is 3. The Morgan fingerprint density at radius 1 is 1.00 bits per heavy atom. The van der Waals surface area contributed by atoms with Crippen molar-refractivity contribution in [3.05, 3.63) is 45.4 Å². The van der Waals surface area contributed by atoms with Crippen molar-refractivity contribution in [2.45, 2.75) is 12.8 Å². The van der Waals surface area contributed by atoms with Crippen LogP contribution in [0.2, 0.25) is 15.1 Å². The van der Waals surface area contributed by atoms with Crippen LogP contribution in [0.4, 0.5) is 5.69 Å². The number of amides is 1. The van der Waals surface area contributed by atoms with Gasteiger partial charge in [-0.05, 0) is 36.8 Å². The predicted molar refractivity (Wildman–Crippen MR) is 120 cm³/mol. The molecule has 2 aromatic rings. The van der Waals surface area contributed by atoms with Crippen molar-refractivity contribution in [1.82, 2.24) is 5.32 Å². The number of ether oxygens (including phenoxy) is 3. The van der Waals surface area contributed by atoms with Gasteiger partial charge in [0.05, 0.1) is 36.6 Å². The zero-order valence-corrected chi connectivity index (χ0v) is 18.8. The van der Waals surface area contributed by atoms with E-state index in [-0.39, 0.29) is 17.4 Å². The van der Waals surface area contributed by atoms with Crippen molar-refractivity contribution < 1.29 is 19.0 Å². The number of hydrogen-bond acceptors (Lipinski definition) is 5. The van der Waals surface area contributed by atoms with Crippen molar-refractivity contribution in [3.8, 4) is 17.2 Å². The molecule has 0 aliphatic carbocycles. The number of hydrogen-bond donors (Lipinski definition) is 2. The Labute approximate surface area is 189 Å². The van der Waals surface area contributed by atoms with Gasteiger partial charge in [0.1, 0.15) is 17.2 Å². The first-order chi connectivity index (χ1) is 13.8. The number of methoxy groups -OCH3 is 2. The molecule has 10 heteroatoms. The molecule has 29 heavy (non-hydrogen) atoms. The lowest BCUT2D eigenvalue weighted by Crippen LogP contribution is -2.34. The van der Waals surface area contributed by atoms with Crippen LogP contribution in [-0.2, 0) is 4.79 Å². The van der Waals surface area contributed by atoms with Gasteiger partial charge in [-0.1, -0.05) is 34.8 Å². The van der Waals surface area contributed by atoms with Gasteiger partial charge < -0.3 is 24.8 Å². The quantitative estimate of drug-likeness (QED) is 0.395. The van der Waals surface area contributed by atoms with Gasteiger partial charge in [0.2, 0.25) is 5.91 Å². The number of benzene rings is 2. The van der Waals surface area contributed by atoms with Crippen LogP contribution in [0.1, 0.15) is 12.8 Å². The van der Waals surface area contributed by atoms with Crippen molar-refractivity contribution in [1.29, 1.82) is 0 Å². The van der Waals surface area contributed by atoms with Gasteiger partial charge in [-0.15, -0.1) is 0 Å². The van der Waals surface area contributed by atoms with Crippen LogP contribution in [-0.4, -0.2) is 31.8 Å². The van der Waals surface area contributed by atoms with Crippen molar-refractivity contribution in [2.75, 3.05) is 26.1 Å². The van der Waals surface area contributed by atoms with Gasteiger partial charge in [0.25, 0.3) is 0 Å². The molecule has 0 unspecified atom stereocenters. The van der Waals surface area contributed by atoms with Gasteiger partial charge in [0, 0.05) is 23.6 Å². The van der Waals surface area contributed by atoms with E-state index in [0.717, 1.165) is 0 Å². The van der Waals surface area contributed by atoms with E-state index in [0.29, 0.717) is 51.0 Å². The number of rotatable bonds is 8. The van der Waals surface area contributed by atoms with Crippen molar-refractivity contribution in [3.63, 3.8) is 0 Å². The molecule has 2 rings (SSSR count). The summed E-state index contributed by atoms with van der Waals surface area (Å²) in [7, 11) is 2.99. The summed E-state index contributed by atoms with van der Waals surface area (Å²) in [6.07, 6.45) is 0.694. The van der Waals surface area contributed by atoms with Crippen LogP contribution in [0, 0.1) is 0 Å². The summed E-state index contributed by atoms with van der Waals surface area (Å²) in [6.45, 7) is 0.317. The van der Waals surface area contributed by atoms with Gasteiger partial charge in [-0.2, -0.15) is 0 Å². The molecule has 0 aromatic heterocycles. The van der Waals surface area contributed by atoms with E-state index in [9.17, 15) is 4.79 Å². The molecule has 2 aromatic carbocycles. The van der Waals surface area contributed by atoms with Crippen LogP contribution in [0.15, 0.2) is 30.3 Å². The van der Waals surface area contributed by atoms with Gasteiger partial charge in [-0.3, -0.25) is 4.79 Å². The summed E-state index contributed by atoms with van der Waals surface area (Å²) in [5, 5.41) is 6.96. The van der Waals surface area contributed by atoms with Crippen LogP contribution in [0.25, 0.3) is 0 Å². The Bertz CT molecular complexity index is 896. The molecule has 0 saturated heterocycles. The molecule has 0 saturated carbocycles. The highest BCUT2D eigenvalue weighted by molar-refractivity contribution is 7.80. The number of anilines is 1. The summed E-state index contributed by atoms with van der Waals surface area (Å²) in [6, 6.07) is 8.17. The third kappa shape index (κ3) is 7.12. The standard InChI is InChI=1S/C19H19Cl3N2O4S/c1-26-16-10-14(17(27-2)9-13(16)22)23-19(29)24-18(25)4-3-7-28-15-6-5-11(20)8-12(15)21/h5-6,8-10H,3-4,7H2,1-2H3,(H2,23,24,25,29). The zero-order valence-electron chi connectivity index (χ0n) is 15.7. The predicted octanol–water partition coefficient (Wildman–Crippen LogP) is 5.34. The summed E-state index contributed by atoms with van der Waals surface area (Å²) >= 11 is 23.1. The molecule has 0 aliphatic heterocycles. The maximum Gasteiger partial charge on any atom is 0.226 e. The average molecular weight is 478 g/mol. The largest absolute Gasteiger partial charge is 0.495 e. The van der Waals surface area contributed by atoms with Gasteiger partial charge >= 0.3 is 0 Å².